The number of sulfonamides is 1. The highest BCUT2D eigenvalue weighted by atomic mass is 32.2. The highest BCUT2D eigenvalue weighted by molar-refractivity contribution is 7.92. The predicted molar refractivity (Wildman–Crippen MR) is 96.3 cm³/mol. The summed E-state index contributed by atoms with van der Waals surface area (Å²) >= 11 is 0. The smallest absolute Gasteiger partial charge is 0.414 e. The lowest BCUT2D eigenvalue weighted by molar-refractivity contribution is -0.159. The van der Waals surface area contributed by atoms with E-state index in [1.165, 1.54) is 0 Å². The number of benzene rings is 2. The van der Waals surface area contributed by atoms with Crippen molar-refractivity contribution < 1.29 is 28.2 Å². The van der Waals surface area contributed by atoms with Crippen molar-refractivity contribution >= 4 is 27.6 Å². The zero-order valence-corrected chi connectivity index (χ0v) is 14.6. The molecule has 9 heteroatoms. The number of aryl methyl sites for hydroxylation is 1. The minimum absolute atomic E-state index is 0.257. The second kappa shape index (κ2) is 10.2. The molecule has 0 atom stereocenters. The molecule has 0 amide bonds. The van der Waals surface area contributed by atoms with Crippen LogP contribution in [0.2, 0.25) is 0 Å². The van der Waals surface area contributed by atoms with E-state index in [1.807, 2.05) is 18.2 Å². The van der Waals surface area contributed by atoms with E-state index in [4.69, 9.17) is 25.5 Å². The average Bonchev–Trinajstić information content (AvgIpc) is 2.61. The number of hydrogen-bond acceptors (Lipinski definition) is 5. The monoisotopic (exact) mass is 380 g/mol. The number of nitrogens with two attached hydrogens (primary N) is 1. The Balaban J connectivity index is 0.000000487. The Labute approximate surface area is 151 Å². The maximum absolute atomic E-state index is 12.2. The molecule has 0 aliphatic rings. The van der Waals surface area contributed by atoms with Crippen LogP contribution in [0.3, 0.4) is 0 Å². The van der Waals surface area contributed by atoms with Gasteiger partial charge in [0.1, 0.15) is 0 Å². The summed E-state index contributed by atoms with van der Waals surface area (Å²) in [6.45, 7) is 0.625. The van der Waals surface area contributed by atoms with Gasteiger partial charge in [0.25, 0.3) is 10.0 Å². The van der Waals surface area contributed by atoms with Crippen LogP contribution in [0.4, 0.5) is 5.69 Å². The summed E-state index contributed by atoms with van der Waals surface area (Å²) in [6.07, 6.45) is 1.73. The molecule has 0 saturated heterocycles. The molecule has 0 aromatic heterocycles. The van der Waals surface area contributed by atoms with Gasteiger partial charge in [-0.25, -0.2) is 18.0 Å². The Bertz CT molecular complexity index is 825. The average molecular weight is 380 g/mol. The van der Waals surface area contributed by atoms with Crippen LogP contribution in [-0.2, 0) is 26.0 Å². The fraction of sp³-hybridized carbons (Fsp3) is 0.176. The van der Waals surface area contributed by atoms with E-state index >= 15 is 0 Å². The SMILES string of the molecule is NCCCc1cccc(NS(=O)(=O)c2ccccc2)c1.O=C(O)C(=O)O. The largest absolute Gasteiger partial charge is 0.473 e. The highest BCUT2D eigenvalue weighted by Crippen LogP contribution is 2.17. The molecule has 2 aromatic carbocycles. The summed E-state index contributed by atoms with van der Waals surface area (Å²) in [5.41, 5.74) is 7.13. The first-order chi connectivity index (χ1) is 12.3. The summed E-state index contributed by atoms with van der Waals surface area (Å²) in [5.74, 6) is -3.65. The number of carbonyl (C=O) groups is 2. The van der Waals surface area contributed by atoms with Crippen LogP contribution in [0.25, 0.3) is 0 Å². The van der Waals surface area contributed by atoms with E-state index < -0.39 is 22.0 Å². The Kier molecular flexibility index (Phi) is 8.26. The van der Waals surface area contributed by atoms with Crippen molar-refractivity contribution in [3.8, 4) is 0 Å². The second-order valence-electron chi connectivity index (χ2n) is 5.12. The zero-order valence-electron chi connectivity index (χ0n) is 13.8. The summed E-state index contributed by atoms with van der Waals surface area (Å²) < 4.78 is 27.0. The number of carboxylic acid groups (broad SMARTS) is 2. The lowest BCUT2D eigenvalue weighted by Gasteiger charge is -2.09. The zero-order chi connectivity index (χ0) is 19.6. The third-order valence-electron chi connectivity index (χ3n) is 3.09. The number of rotatable bonds is 6. The number of anilines is 1. The Morgan fingerprint density at radius 3 is 2.12 bits per heavy atom. The second-order valence-corrected chi connectivity index (χ2v) is 6.80. The minimum Gasteiger partial charge on any atom is -0.473 e. The third-order valence-corrected chi connectivity index (χ3v) is 4.48. The maximum atomic E-state index is 12.2. The lowest BCUT2D eigenvalue weighted by atomic mass is 10.1. The van der Waals surface area contributed by atoms with Crippen LogP contribution in [0, 0.1) is 0 Å². The van der Waals surface area contributed by atoms with Crippen LogP contribution in [-0.4, -0.2) is 37.1 Å². The van der Waals surface area contributed by atoms with Gasteiger partial charge in [0.2, 0.25) is 0 Å². The van der Waals surface area contributed by atoms with E-state index in [1.54, 1.807) is 36.4 Å². The van der Waals surface area contributed by atoms with Gasteiger partial charge in [-0.3, -0.25) is 4.72 Å². The van der Waals surface area contributed by atoms with E-state index in [0.717, 1.165) is 18.4 Å². The van der Waals surface area contributed by atoms with Crippen molar-refractivity contribution in [2.45, 2.75) is 17.7 Å². The molecule has 0 fully saturated rings. The van der Waals surface area contributed by atoms with Crippen LogP contribution in [0.5, 0.6) is 0 Å². The van der Waals surface area contributed by atoms with Crippen LogP contribution < -0.4 is 10.5 Å². The molecular weight excluding hydrogens is 360 g/mol. The molecule has 140 valence electrons. The van der Waals surface area contributed by atoms with Crippen LogP contribution >= 0.6 is 0 Å². The minimum atomic E-state index is -3.53. The first-order valence-electron chi connectivity index (χ1n) is 7.59. The van der Waals surface area contributed by atoms with E-state index in [2.05, 4.69) is 4.72 Å². The fourth-order valence-corrected chi connectivity index (χ4v) is 2.98. The topological polar surface area (TPSA) is 147 Å². The summed E-state index contributed by atoms with van der Waals surface area (Å²) in [7, 11) is -3.53. The number of carboxylic acids is 2. The highest BCUT2D eigenvalue weighted by Gasteiger charge is 2.13. The number of aliphatic carboxylic acids is 2. The third kappa shape index (κ3) is 7.32. The fourth-order valence-electron chi connectivity index (χ4n) is 1.91. The summed E-state index contributed by atoms with van der Waals surface area (Å²) in [6, 6.07) is 15.7. The van der Waals surface area contributed by atoms with Gasteiger partial charge in [0.15, 0.2) is 0 Å². The first kappa shape index (κ1) is 21.1. The normalized spacial score (nSPS) is 10.3. The van der Waals surface area contributed by atoms with Crippen molar-refractivity contribution in [1.82, 2.24) is 0 Å². The number of hydrogen-bond donors (Lipinski definition) is 4. The lowest BCUT2D eigenvalue weighted by Crippen LogP contribution is -2.12. The molecule has 0 aliphatic heterocycles. The quantitative estimate of drug-likeness (QED) is 0.556. The molecule has 26 heavy (non-hydrogen) atoms. The van der Waals surface area contributed by atoms with E-state index in [0.29, 0.717) is 12.2 Å². The molecular formula is C17H20N2O6S. The van der Waals surface area contributed by atoms with E-state index in [9.17, 15) is 8.42 Å². The first-order valence-corrected chi connectivity index (χ1v) is 9.07. The molecule has 0 unspecified atom stereocenters. The van der Waals surface area contributed by atoms with Gasteiger partial charge in [0.05, 0.1) is 4.90 Å². The molecule has 5 N–H and O–H groups in total. The van der Waals surface area contributed by atoms with Crippen molar-refractivity contribution in [3.05, 3.63) is 60.2 Å². The molecule has 2 rings (SSSR count). The van der Waals surface area contributed by atoms with E-state index in [-0.39, 0.29) is 4.90 Å². The predicted octanol–water partition coefficient (Wildman–Crippen LogP) is 1.53. The van der Waals surface area contributed by atoms with Gasteiger partial charge in [0, 0.05) is 5.69 Å². The maximum Gasteiger partial charge on any atom is 0.414 e. The van der Waals surface area contributed by atoms with Gasteiger partial charge < -0.3 is 15.9 Å². The van der Waals surface area contributed by atoms with Gasteiger partial charge in [-0.05, 0) is 49.2 Å². The summed E-state index contributed by atoms with van der Waals surface area (Å²) in [4.78, 5) is 18.5. The molecule has 8 nitrogen and oxygen atoms in total. The standard InChI is InChI=1S/C15H18N2O2S.C2H2O4/c16-11-5-7-13-6-4-8-14(12-13)17-20(18,19)15-9-2-1-3-10-15;3-1(4)2(5)6/h1-4,6,8-10,12,17H,5,7,11,16H2;(H,3,4)(H,5,6). The van der Waals surface area contributed by atoms with Gasteiger partial charge in [-0.15, -0.1) is 0 Å². The van der Waals surface area contributed by atoms with Crippen LogP contribution in [0.15, 0.2) is 59.5 Å². The molecule has 2 aromatic rings. The molecule has 0 heterocycles. The molecule has 0 spiro atoms. The molecule has 0 aliphatic carbocycles. The molecule has 0 radical (unpaired) electrons. The Morgan fingerprint density at radius 1 is 0.962 bits per heavy atom. The van der Waals surface area contributed by atoms with Crippen LogP contribution in [0.1, 0.15) is 12.0 Å². The van der Waals surface area contributed by atoms with Crippen molar-refractivity contribution in [2.75, 3.05) is 11.3 Å². The van der Waals surface area contributed by atoms with Crippen molar-refractivity contribution in [1.29, 1.82) is 0 Å². The van der Waals surface area contributed by atoms with Crippen molar-refractivity contribution in [2.24, 2.45) is 5.73 Å². The molecule has 0 bridgehead atoms. The van der Waals surface area contributed by atoms with Gasteiger partial charge >= 0.3 is 11.9 Å². The van der Waals surface area contributed by atoms with Gasteiger partial charge in [-0.1, -0.05) is 30.3 Å². The Morgan fingerprint density at radius 2 is 1.58 bits per heavy atom. The number of nitrogens with one attached hydrogen (secondary N) is 1. The van der Waals surface area contributed by atoms with Gasteiger partial charge in [-0.2, -0.15) is 0 Å². The molecule has 0 saturated carbocycles. The Hall–Kier alpha value is -2.91. The van der Waals surface area contributed by atoms with Crippen molar-refractivity contribution in [3.63, 3.8) is 0 Å². The summed E-state index contributed by atoms with van der Waals surface area (Å²) in [5, 5.41) is 14.8.